The van der Waals surface area contributed by atoms with Crippen LogP contribution in [0.15, 0.2) is 28.6 Å². The Bertz CT molecular complexity index is 687. The van der Waals surface area contributed by atoms with Gasteiger partial charge in [0.15, 0.2) is 4.34 Å². The number of anilines is 1. The van der Waals surface area contributed by atoms with Gasteiger partial charge >= 0.3 is 0 Å². The number of hydrogen-bond acceptors (Lipinski definition) is 6. The van der Waals surface area contributed by atoms with Crippen molar-refractivity contribution in [2.45, 2.75) is 36.8 Å². The lowest BCUT2D eigenvalue weighted by Crippen LogP contribution is -2.21. The zero-order valence-corrected chi connectivity index (χ0v) is 14.7. The van der Waals surface area contributed by atoms with Crippen LogP contribution < -0.4 is 5.32 Å². The molecule has 0 aliphatic heterocycles. The summed E-state index contributed by atoms with van der Waals surface area (Å²) in [6.45, 7) is 4.01. The molecule has 2 aromatic rings. The van der Waals surface area contributed by atoms with E-state index >= 15 is 0 Å². The molecule has 0 unspecified atom stereocenters. The van der Waals surface area contributed by atoms with Gasteiger partial charge in [-0.3, -0.25) is 4.79 Å². The second-order valence-corrected chi connectivity index (χ2v) is 7.17. The van der Waals surface area contributed by atoms with Gasteiger partial charge in [0, 0.05) is 11.7 Å². The minimum atomic E-state index is 0.00907. The highest BCUT2D eigenvalue weighted by Crippen LogP contribution is 2.28. The fourth-order valence-corrected chi connectivity index (χ4v) is 3.72. The molecule has 1 N–H and O–H groups in total. The van der Waals surface area contributed by atoms with Crippen LogP contribution in [0, 0.1) is 17.2 Å². The summed E-state index contributed by atoms with van der Waals surface area (Å²) in [5.74, 6) is 0.782. The molecular weight excluding hydrogens is 328 g/mol. The van der Waals surface area contributed by atoms with Crippen molar-refractivity contribution in [3.05, 3.63) is 35.4 Å². The number of carbonyl (C=O) groups is 1. The van der Waals surface area contributed by atoms with Gasteiger partial charge in [-0.1, -0.05) is 49.1 Å². The van der Waals surface area contributed by atoms with Crippen LogP contribution in [0.3, 0.4) is 0 Å². The molecule has 1 heterocycles. The summed E-state index contributed by atoms with van der Waals surface area (Å²) < 4.78 is 0.814. The van der Waals surface area contributed by atoms with E-state index < -0.39 is 0 Å². The van der Waals surface area contributed by atoms with Crippen molar-refractivity contribution in [2.24, 2.45) is 5.92 Å². The van der Waals surface area contributed by atoms with E-state index in [0.29, 0.717) is 10.7 Å². The summed E-state index contributed by atoms with van der Waals surface area (Å²) in [5.41, 5.74) is 1.77. The number of nitrogens with zero attached hydrogens (tertiary/aromatic N) is 3. The zero-order chi connectivity index (χ0) is 16.7. The maximum Gasteiger partial charge on any atom is 0.229 e. The van der Waals surface area contributed by atoms with Gasteiger partial charge < -0.3 is 5.32 Å². The number of nitrogens with one attached hydrogen (secondary N) is 1. The lowest BCUT2D eigenvalue weighted by Gasteiger charge is -2.09. The molecule has 0 bridgehead atoms. The van der Waals surface area contributed by atoms with Crippen LogP contribution in [0.25, 0.3) is 0 Å². The van der Waals surface area contributed by atoms with E-state index in [9.17, 15) is 4.79 Å². The molecule has 0 saturated heterocycles. The molecule has 23 heavy (non-hydrogen) atoms. The molecule has 0 aliphatic carbocycles. The number of benzene rings is 1. The number of aromatic nitrogens is 2. The number of hydrogen-bond donors (Lipinski definition) is 1. The van der Waals surface area contributed by atoms with Crippen molar-refractivity contribution in [1.82, 2.24) is 10.2 Å². The third-order valence-corrected chi connectivity index (χ3v) is 5.48. The largest absolute Gasteiger partial charge is 0.300 e. The van der Waals surface area contributed by atoms with E-state index in [4.69, 9.17) is 5.26 Å². The Kier molecular flexibility index (Phi) is 6.56. The highest BCUT2D eigenvalue weighted by molar-refractivity contribution is 8.00. The normalized spacial score (nSPS) is 10.5. The van der Waals surface area contributed by atoms with E-state index in [1.165, 1.54) is 11.3 Å². The van der Waals surface area contributed by atoms with Gasteiger partial charge in [0.2, 0.25) is 11.0 Å². The van der Waals surface area contributed by atoms with E-state index in [0.717, 1.165) is 28.5 Å². The lowest BCUT2D eigenvalue weighted by molar-refractivity contribution is -0.120. The van der Waals surface area contributed by atoms with Gasteiger partial charge in [0.05, 0.1) is 11.6 Å². The fourth-order valence-electron chi connectivity index (χ4n) is 2.01. The predicted octanol–water partition coefficient (Wildman–Crippen LogP) is 4.08. The Morgan fingerprint density at radius 2 is 2.00 bits per heavy atom. The van der Waals surface area contributed by atoms with Crippen LogP contribution in [0.1, 0.15) is 37.8 Å². The van der Waals surface area contributed by atoms with Crippen molar-refractivity contribution < 1.29 is 4.79 Å². The molecule has 1 aromatic heterocycles. The van der Waals surface area contributed by atoms with E-state index in [2.05, 4.69) is 21.6 Å². The fraction of sp³-hybridized carbons (Fsp3) is 0.375. The highest BCUT2D eigenvalue weighted by Gasteiger charge is 2.16. The quantitative estimate of drug-likeness (QED) is 0.604. The van der Waals surface area contributed by atoms with Crippen LogP contribution in [0.4, 0.5) is 5.13 Å². The molecule has 120 valence electrons. The third-order valence-electron chi connectivity index (χ3n) is 3.44. The number of nitriles is 1. The van der Waals surface area contributed by atoms with Crippen LogP contribution in [0.5, 0.6) is 0 Å². The molecule has 1 amide bonds. The number of rotatable bonds is 7. The van der Waals surface area contributed by atoms with Gasteiger partial charge in [0.1, 0.15) is 0 Å². The molecule has 1 aromatic carbocycles. The monoisotopic (exact) mass is 346 g/mol. The van der Waals surface area contributed by atoms with Gasteiger partial charge in [-0.15, -0.1) is 10.2 Å². The summed E-state index contributed by atoms with van der Waals surface area (Å²) in [4.78, 5) is 12.0. The molecule has 0 atom stereocenters. The van der Waals surface area contributed by atoms with Crippen LogP contribution in [-0.2, 0) is 10.5 Å². The summed E-state index contributed by atoms with van der Waals surface area (Å²) in [6.07, 6.45) is 1.64. The van der Waals surface area contributed by atoms with Crippen molar-refractivity contribution in [3.63, 3.8) is 0 Å². The van der Waals surface area contributed by atoms with Crippen LogP contribution in [-0.4, -0.2) is 16.1 Å². The lowest BCUT2D eigenvalue weighted by atomic mass is 10.0. The SMILES string of the molecule is CCC(CC)C(=O)Nc1nnc(SCc2ccc(C#N)cc2)s1. The van der Waals surface area contributed by atoms with Gasteiger partial charge in [-0.25, -0.2) is 0 Å². The first kappa shape index (κ1) is 17.4. The second kappa shape index (κ2) is 8.65. The molecule has 0 fully saturated rings. The van der Waals surface area contributed by atoms with Crippen molar-refractivity contribution >= 4 is 34.1 Å². The Hall–Kier alpha value is -1.91. The second-order valence-electron chi connectivity index (χ2n) is 4.97. The number of carbonyl (C=O) groups excluding carboxylic acids is 1. The Labute approximate surface area is 144 Å². The maximum absolute atomic E-state index is 12.0. The van der Waals surface area contributed by atoms with E-state index in [1.807, 2.05) is 26.0 Å². The average molecular weight is 346 g/mol. The molecule has 0 saturated carbocycles. The first-order valence-corrected chi connectivity index (χ1v) is 9.22. The number of amides is 1. The van der Waals surface area contributed by atoms with E-state index in [-0.39, 0.29) is 11.8 Å². The standard InChI is InChI=1S/C16H18N4OS2/c1-3-13(4-2)14(21)18-15-19-20-16(23-15)22-10-12-7-5-11(9-17)6-8-12/h5-8,13H,3-4,10H2,1-2H3,(H,18,19,21). The van der Waals surface area contributed by atoms with Crippen molar-refractivity contribution in [2.75, 3.05) is 5.32 Å². The number of thioether (sulfide) groups is 1. The molecule has 5 nitrogen and oxygen atoms in total. The summed E-state index contributed by atoms with van der Waals surface area (Å²) in [6, 6.07) is 9.57. The average Bonchev–Trinajstić information content (AvgIpc) is 3.02. The maximum atomic E-state index is 12.0. The smallest absolute Gasteiger partial charge is 0.229 e. The minimum absolute atomic E-state index is 0.00907. The topological polar surface area (TPSA) is 78.7 Å². The van der Waals surface area contributed by atoms with Crippen LogP contribution >= 0.6 is 23.1 Å². The van der Waals surface area contributed by atoms with Crippen molar-refractivity contribution in [3.8, 4) is 6.07 Å². The van der Waals surface area contributed by atoms with Gasteiger partial charge in [-0.05, 0) is 30.5 Å². The van der Waals surface area contributed by atoms with Gasteiger partial charge in [0.25, 0.3) is 0 Å². The zero-order valence-electron chi connectivity index (χ0n) is 13.1. The molecule has 0 radical (unpaired) electrons. The molecule has 7 heteroatoms. The summed E-state index contributed by atoms with van der Waals surface area (Å²) >= 11 is 2.95. The minimum Gasteiger partial charge on any atom is -0.300 e. The molecule has 0 spiro atoms. The van der Waals surface area contributed by atoms with Crippen molar-refractivity contribution in [1.29, 1.82) is 5.26 Å². The van der Waals surface area contributed by atoms with E-state index in [1.54, 1.807) is 23.9 Å². The molecule has 0 aliphatic rings. The summed E-state index contributed by atoms with van der Waals surface area (Å²) in [7, 11) is 0. The first-order valence-electron chi connectivity index (χ1n) is 7.42. The summed E-state index contributed by atoms with van der Waals surface area (Å²) in [5, 5.41) is 20.3. The van der Waals surface area contributed by atoms with Crippen LogP contribution in [0.2, 0.25) is 0 Å². The first-order chi connectivity index (χ1) is 11.2. The third kappa shape index (κ3) is 5.05. The predicted molar refractivity (Wildman–Crippen MR) is 93.3 cm³/mol. The van der Waals surface area contributed by atoms with Gasteiger partial charge in [-0.2, -0.15) is 5.26 Å². The molecule has 2 rings (SSSR count). The highest BCUT2D eigenvalue weighted by atomic mass is 32.2. The Morgan fingerprint density at radius 3 is 2.61 bits per heavy atom. The Balaban J connectivity index is 1.89. The Morgan fingerprint density at radius 1 is 1.30 bits per heavy atom. The molecular formula is C16H18N4OS2.